The summed E-state index contributed by atoms with van der Waals surface area (Å²) in [5.41, 5.74) is -4.07. The number of nitrogens with zero attached hydrogens (tertiary/aromatic N) is 1. The normalized spacial score (nSPS) is 39.0. The number of hydrogen-bond donors (Lipinski definition) is 2. The van der Waals surface area contributed by atoms with Gasteiger partial charge in [-0.3, -0.25) is 4.90 Å². The molecule has 2 N–H and O–H groups in total. The maximum absolute atomic E-state index is 14.5. The summed E-state index contributed by atoms with van der Waals surface area (Å²) < 4.78 is 38.9. The number of carbonyl (C=O) groups excluding carboxylic acids is 2. The molecule has 1 spiro atoms. The van der Waals surface area contributed by atoms with Gasteiger partial charge in [-0.2, -0.15) is 0 Å². The quantitative estimate of drug-likeness (QED) is 0.0562. The van der Waals surface area contributed by atoms with Crippen LogP contribution < -0.4 is 0 Å². The number of esters is 2. The third kappa shape index (κ3) is 7.93. The lowest BCUT2D eigenvalue weighted by atomic mass is 9.43. The fourth-order valence-electron chi connectivity index (χ4n) is 15.0. The molecule has 1 aliphatic heterocycles. The summed E-state index contributed by atoms with van der Waals surface area (Å²) in [6.45, 7) is 6.37. The first-order chi connectivity index (χ1) is 30.1. The average molecular weight is 866 g/mol. The Bertz CT molecular complexity index is 1660. The van der Waals surface area contributed by atoms with Gasteiger partial charge in [-0.25, -0.2) is 9.59 Å². The second kappa shape index (κ2) is 20.4. The van der Waals surface area contributed by atoms with Gasteiger partial charge in [0.1, 0.15) is 23.9 Å². The van der Waals surface area contributed by atoms with Crippen molar-refractivity contribution < 1.29 is 48.2 Å². The van der Waals surface area contributed by atoms with E-state index in [1.54, 1.807) is 45.6 Å². The van der Waals surface area contributed by atoms with Crippen LogP contribution in [0, 0.1) is 34.5 Å². The van der Waals surface area contributed by atoms with Gasteiger partial charge in [0, 0.05) is 75.7 Å². The van der Waals surface area contributed by atoms with E-state index in [2.05, 4.69) is 18.7 Å². The molecule has 1 aromatic rings. The molecule has 7 bridgehead atoms. The number of piperidine rings is 1. The number of fused-ring (bicyclic) bond motifs is 2. The van der Waals surface area contributed by atoms with Crippen molar-refractivity contribution in [2.75, 3.05) is 48.1 Å². The van der Waals surface area contributed by atoms with Crippen LogP contribution in [0.25, 0.3) is 0 Å². The van der Waals surface area contributed by atoms with Crippen LogP contribution in [0.4, 0.5) is 0 Å². The smallest absolute Gasteiger partial charge is 0.338 e. The molecule has 6 aliphatic rings. The zero-order chi connectivity index (χ0) is 44.1. The number of benzene rings is 1. The van der Waals surface area contributed by atoms with Crippen molar-refractivity contribution in [3.8, 4) is 0 Å². The van der Waals surface area contributed by atoms with Gasteiger partial charge in [0.25, 0.3) is 0 Å². The largest absolute Gasteiger partial charge is 0.455 e. The summed E-state index contributed by atoms with van der Waals surface area (Å²) in [6, 6.07) is 8.51. The van der Waals surface area contributed by atoms with Gasteiger partial charge in [-0.15, -0.1) is 0 Å². The minimum atomic E-state index is -1.79. The lowest BCUT2D eigenvalue weighted by Gasteiger charge is -2.69. The third-order valence-corrected chi connectivity index (χ3v) is 17.0. The number of aliphatic hydroxyl groups is 2. The molecule has 1 aromatic carbocycles. The Morgan fingerprint density at radius 2 is 1.47 bits per heavy atom. The summed E-state index contributed by atoms with van der Waals surface area (Å²) in [7, 11) is 6.70. The van der Waals surface area contributed by atoms with Crippen molar-refractivity contribution in [3.05, 3.63) is 48.0 Å². The molecular formula is C51H79NO10. The molecule has 0 aromatic heterocycles. The minimum absolute atomic E-state index is 0.125. The number of methoxy groups -OCH3 is 4. The Hall–Kier alpha value is -2.38. The number of hydrogen-bond acceptors (Lipinski definition) is 11. The van der Waals surface area contributed by atoms with Gasteiger partial charge in [-0.05, 0) is 56.7 Å². The van der Waals surface area contributed by atoms with Crippen molar-refractivity contribution in [2.45, 2.75) is 177 Å². The Balaban J connectivity index is 1.16. The maximum Gasteiger partial charge on any atom is 0.338 e. The monoisotopic (exact) mass is 866 g/mol. The van der Waals surface area contributed by atoms with Gasteiger partial charge in [-0.1, -0.05) is 122 Å². The fourth-order valence-corrected chi connectivity index (χ4v) is 15.0. The van der Waals surface area contributed by atoms with Gasteiger partial charge in [0.15, 0.2) is 5.60 Å². The van der Waals surface area contributed by atoms with Crippen LogP contribution in [0.15, 0.2) is 42.5 Å². The lowest BCUT2D eigenvalue weighted by Crippen LogP contribution is -2.81. The first-order valence-corrected chi connectivity index (χ1v) is 24.5. The van der Waals surface area contributed by atoms with Gasteiger partial charge >= 0.3 is 11.9 Å². The van der Waals surface area contributed by atoms with Crippen LogP contribution >= 0.6 is 0 Å². The number of rotatable bonds is 25. The summed E-state index contributed by atoms with van der Waals surface area (Å²) in [6.07, 6.45) is 19.3. The highest BCUT2D eigenvalue weighted by molar-refractivity contribution is 5.89. The van der Waals surface area contributed by atoms with Crippen molar-refractivity contribution in [1.82, 2.24) is 4.90 Å². The van der Waals surface area contributed by atoms with Crippen LogP contribution in [-0.4, -0.2) is 123 Å². The SMILES string of the molecule is CCCCCCCCCCCCCCCC/C=C/C(=O)O[C@]12[C@H]3[C@@H](OC(=O)c4ccccc4)[C@](O)(C[C@H]3[C@@]34C5[C@@H]1[C@H](OC)[C@@H]3[C@@](COC)(CC[C@@H]4OC)CN5CC)[C@@H](OC)[C@@H]2O. The van der Waals surface area contributed by atoms with Crippen LogP contribution in [-0.2, 0) is 33.2 Å². The molecule has 62 heavy (non-hydrogen) atoms. The Labute approximate surface area is 371 Å². The standard InChI is InChI=1S/C51H79NO10/c1-7-9-10-11-12-13-14-15-16-17-18-19-20-21-22-26-29-38(53)62-51-39-36(32-49(56,46(60-6)44(51)54)45(39)61-47(55)35-27-24-23-25-28-35)50-37(58-4)30-31-48(34-57-3)33-52(8-2)43(50)40(51)41(59-5)42(48)50/h23-29,36-37,39-46,54,56H,7-22,30-34H2,1-6H3/b29-26+/t36-,37+,39-,40+,41+,42-,43?,44+,45-,46+,48+,49-,50+,51-/m1/s1. The van der Waals surface area contributed by atoms with E-state index in [0.717, 1.165) is 38.6 Å². The lowest BCUT2D eigenvalue weighted by molar-refractivity contribution is -0.316. The number of ether oxygens (including phenoxy) is 6. The van der Waals surface area contributed by atoms with E-state index in [-0.39, 0.29) is 29.9 Å². The predicted molar refractivity (Wildman–Crippen MR) is 237 cm³/mol. The van der Waals surface area contributed by atoms with Crippen LogP contribution in [0.3, 0.4) is 0 Å². The van der Waals surface area contributed by atoms with Crippen LogP contribution in [0.2, 0.25) is 0 Å². The van der Waals surface area contributed by atoms with Crippen molar-refractivity contribution in [2.24, 2.45) is 34.5 Å². The molecule has 6 fully saturated rings. The van der Waals surface area contributed by atoms with Gasteiger partial charge in [0.2, 0.25) is 0 Å². The fraction of sp³-hybridized carbons (Fsp3) is 0.804. The summed E-state index contributed by atoms with van der Waals surface area (Å²) in [5.74, 6) is -3.07. The van der Waals surface area contributed by atoms with Crippen molar-refractivity contribution >= 4 is 11.9 Å². The van der Waals surface area contributed by atoms with E-state index in [4.69, 9.17) is 28.4 Å². The Morgan fingerprint density at radius 1 is 0.823 bits per heavy atom. The highest BCUT2D eigenvalue weighted by Crippen LogP contribution is 2.80. The van der Waals surface area contributed by atoms with Crippen molar-refractivity contribution in [3.63, 3.8) is 0 Å². The van der Waals surface area contributed by atoms with E-state index in [0.29, 0.717) is 18.7 Å². The second-order valence-corrected chi connectivity index (χ2v) is 20.0. The van der Waals surface area contributed by atoms with E-state index >= 15 is 0 Å². The van der Waals surface area contributed by atoms with E-state index in [1.807, 2.05) is 12.1 Å². The Kier molecular flexibility index (Phi) is 15.7. The minimum Gasteiger partial charge on any atom is -0.455 e. The molecular weight excluding hydrogens is 787 g/mol. The molecule has 1 saturated heterocycles. The second-order valence-electron chi connectivity index (χ2n) is 20.0. The zero-order valence-corrected chi connectivity index (χ0v) is 38.8. The van der Waals surface area contributed by atoms with E-state index in [1.165, 1.54) is 90.2 Å². The molecule has 348 valence electrons. The van der Waals surface area contributed by atoms with Gasteiger partial charge < -0.3 is 38.6 Å². The average Bonchev–Trinajstić information content (AvgIpc) is 3.65. The number of unbranched alkanes of at least 4 members (excludes halogenated alkanes) is 14. The topological polar surface area (TPSA) is 133 Å². The number of allylic oxidation sites excluding steroid dienone is 1. The molecule has 1 heterocycles. The number of carbonyl (C=O) groups is 2. The van der Waals surface area contributed by atoms with Gasteiger partial charge in [0.05, 0.1) is 24.4 Å². The van der Waals surface area contributed by atoms with Crippen LogP contribution in [0.1, 0.15) is 140 Å². The number of likely N-dealkylation sites (tertiary alicyclic amines) is 1. The molecule has 7 rings (SSSR count). The number of aliphatic hydroxyl groups excluding tert-OH is 1. The summed E-state index contributed by atoms with van der Waals surface area (Å²) in [5, 5.41) is 26.1. The molecule has 11 nitrogen and oxygen atoms in total. The summed E-state index contributed by atoms with van der Waals surface area (Å²) >= 11 is 0. The maximum atomic E-state index is 14.5. The molecule has 0 radical (unpaired) electrons. The van der Waals surface area contributed by atoms with Crippen molar-refractivity contribution in [1.29, 1.82) is 0 Å². The zero-order valence-electron chi connectivity index (χ0n) is 38.8. The predicted octanol–water partition coefficient (Wildman–Crippen LogP) is 8.09. The first kappa shape index (κ1) is 47.6. The summed E-state index contributed by atoms with van der Waals surface area (Å²) in [4.78, 5) is 31.1. The molecule has 1 unspecified atom stereocenters. The molecule has 11 heteroatoms. The molecule has 5 saturated carbocycles. The van der Waals surface area contributed by atoms with E-state index in [9.17, 15) is 19.8 Å². The molecule has 0 amide bonds. The molecule has 5 aliphatic carbocycles. The van der Waals surface area contributed by atoms with Crippen LogP contribution in [0.5, 0.6) is 0 Å². The highest BCUT2D eigenvalue weighted by atomic mass is 16.6. The highest BCUT2D eigenvalue weighted by Gasteiger charge is 2.91. The first-order valence-electron chi connectivity index (χ1n) is 24.5. The Morgan fingerprint density at radius 3 is 2.05 bits per heavy atom. The third-order valence-electron chi connectivity index (χ3n) is 17.0. The van der Waals surface area contributed by atoms with E-state index < -0.39 is 70.7 Å². The molecule has 14 atom stereocenters.